The van der Waals surface area contributed by atoms with Crippen molar-refractivity contribution in [3.05, 3.63) is 47.5 Å². The molecule has 2 atom stereocenters. The van der Waals surface area contributed by atoms with E-state index in [1.807, 2.05) is 44.4 Å². The van der Waals surface area contributed by atoms with E-state index in [0.717, 1.165) is 48.6 Å². The molecular formula is C19H27N3O2. The summed E-state index contributed by atoms with van der Waals surface area (Å²) in [7, 11) is 0. The predicted octanol–water partition coefficient (Wildman–Crippen LogP) is 2.65. The van der Waals surface area contributed by atoms with Crippen LogP contribution in [0.1, 0.15) is 35.7 Å². The van der Waals surface area contributed by atoms with E-state index < -0.39 is 6.10 Å². The molecule has 2 unspecified atom stereocenters. The summed E-state index contributed by atoms with van der Waals surface area (Å²) >= 11 is 0. The fraction of sp³-hybridized carbons (Fsp3) is 0.526. The summed E-state index contributed by atoms with van der Waals surface area (Å²) in [5.74, 6) is 2.38. The fourth-order valence-corrected chi connectivity index (χ4v) is 3.50. The monoisotopic (exact) mass is 329 g/mol. The van der Waals surface area contributed by atoms with Crippen LogP contribution in [-0.4, -0.2) is 52.3 Å². The van der Waals surface area contributed by atoms with Gasteiger partial charge in [-0.05, 0) is 44.4 Å². The highest BCUT2D eigenvalue weighted by Crippen LogP contribution is 2.25. The molecule has 1 aliphatic heterocycles. The van der Waals surface area contributed by atoms with Gasteiger partial charge in [0.15, 0.2) is 0 Å². The number of likely N-dealkylation sites (tertiary alicyclic amines) is 1. The lowest BCUT2D eigenvalue weighted by molar-refractivity contribution is 0.0574. The van der Waals surface area contributed by atoms with Crippen molar-refractivity contribution >= 4 is 0 Å². The molecular weight excluding hydrogens is 302 g/mol. The van der Waals surface area contributed by atoms with Gasteiger partial charge in [0.25, 0.3) is 0 Å². The second kappa shape index (κ2) is 7.81. The Morgan fingerprint density at radius 3 is 2.88 bits per heavy atom. The Morgan fingerprint density at radius 2 is 2.17 bits per heavy atom. The van der Waals surface area contributed by atoms with Crippen LogP contribution in [0.2, 0.25) is 0 Å². The first-order chi connectivity index (χ1) is 11.6. The number of benzene rings is 1. The molecule has 0 amide bonds. The Hall–Kier alpha value is -1.85. The Labute approximate surface area is 143 Å². The number of aliphatic hydroxyl groups excluding tert-OH is 1. The molecule has 0 saturated carbocycles. The predicted molar refractivity (Wildman–Crippen MR) is 94.4 cm³/mol. The molecule has 24 heavy (non-hydrogen) atoms. The summed E-state index contributed by atoms with van der Waals surface area (Å²) in [6.45, 7) is 7.00. The quantitative estimate of drug-likeness (QED) is 0.855. The highest BCUT2D eigenvalue weighted by Gasteiger charge is 2.24. The lowest BCUT2D eigenvalue weighted by Gasteiger charge is -2.33. The van der Waals surface area contributed by atoms with Gasteiger partial charge < -0.3 is 14.8 Å². The summed E-state index contributed by atoms with van der Waals surface area (Å²) in [5.41, 5.74) is 2.22. The van der Waals surface area contributed by atoms with Crippen molar-refractivity contribution in [3.8, 4) is 5.75 Å². The number of ether oxygens (including phenoxy) is 1. The van der Waals surface area contributed by atoms with Crippen molar-refractivity contribution in [2.45, 2.75) is 38.7 Å². The van der Waals surface area contributed by atoms with Crippen LogP contribution in [-0.2, 0) is 0 Å². The summed E-state index contributed by atoms with van der Waals surface area (Å²) in [5, 5.41) is 10.4. The molecule has 1 fully saturated rings. The molecule has 5 heteroatoms. The minimum Gasteiger partial charge on any atom is -0.490 e. The SMILES string of the molecule is Cc1cccc(C)c1OCC(O)CN1CCCC(c2ncc[nH]2)C1. The average Bonchev–Trinajstić information content (AvgIpc) is 3.09. The Balaban J connectivity index is 1.50. The first-order valence-corrected chi connectivity index (χ1v) is 8.72. The average molecular weight is 329 g/mol. The van der Waals surface area contributed by atoms with Crippen LogP contribution in [0, 0.1) is 13.8 Å². The Morgan fingerprint density at radius 1 is 1.38 bits per heavy atom. The molecule has 1 aromatic carbocycles. The molecule has 0 bridgehead atoms. The number of aliphatic hydroxyl groups is 1. The van der Waals surface area contributed by atoms with Crippen molar-refractivity contribution in [1.82, 2.24) is 14.9 Å². The third-order valence-electron chi connectivity index (χ3n) is 4.71. The highest BCUT2D eigenvalue weighted by molar-refractivity contribution is 5.39. The number of hydrogen-bond donors (Lipinski definition) is 2. The van der Waals surface area contributed by atoms with E-state index in [2.05, 4.69) is 14.9 Å². The number of aromatic nitrogens is 2. The van der Waals surface area contributed by atoms with Crippen molar-refractivity contribution in [1.29, 1.82) is 0 Å². The lowest BCUT2D eigenvalue weighted by Crippen LogP contribution is -2.41. The summed E-state index contributed by atoms with van der Waals surface area (Å²) in [4.78, 5) is 9.91. The van der Waals surface area contributed by atoms with Crippen molar-refractivity contribution in [2.75, 3.05) is 26.2 Å². The Kier molecular flexibility index (Phi) is 5.53. The van der Waals surface area contributed by atoms with Gasteiger partial charge in [0.2, 0.25) is 0 Å². The minimum absolute atomic E-state index is 0.327. The number of aryl methyl sites for hydroxylation is 2. The third-order valence-corrected chi connectivity index (χ3v) is 4.71. The molecule has 5 nitrogen and oxygen atoms in total. The van der Waals surface area contributed by atoms with Gasteiger partial charge in [0.05, 0.1) is 0 Å². The zero-order valence-electron chi connectivity index (χ0n) is 14.5. The van der Waals surface area contributed by atoms with Crippen molar-refractivity contribution in [3.63, 3.8) is 0 Å². The fourth-order valence-electron chi connectivity index (χ4n) is 3.50. The number of piperidine rings is 1. The van der Waals surface area contributed by atoms with Gasteiger partial charge in [-0.15, -0.1) is 0 Å². The van der Waals surface area contributed by atoms with Gasteiger partial charge in [0, 0.05) is 31.4 Å². The maximum atomic E-state index is 10.4. The number of aromatic amines is 1. The molecule has 130 valence electrons. The molecule has 1 aliphatic rings. The molecule has 0 aliphatic carbocycles. The molecule has 1 saturated heterocycles. The standard InChI is InChI=1S/C19H27N3O2/c1-14-5-3-6-15(2)18(14)24-13-17(23)12-22-10-4-7-16(11-22)19-20-8-9-21-19/h3,5-6,8-9,16-17,23H,4,7,10-13H2,1-2H3,(H,20,21). The lowest BCUT2D eigenvalue weighted by atomic mass is 9.97. The molecule has 0 radical (unpaired) electrons. The molecule has 1 aromatic heterocycles. The minimum atomic E-state index is -0.487. The van der Waals surface area contributed by atoms with E-state index in [1.54, 1.807) is 0 Å². The number of para-hydroxylation sites is 1. The molecule has 0 spiro atoms. The van der Waals surface area contributed by atoms with E-state index in [1.165, 1.54) is 0 Å². The first kappa shape index (κ1) is 17.0. The van der Waals surface area contributed by atoms with Crippen LogP contribution in [0.15, 0.2) is 30.6 Å². The smallest absolute Gasteiger partial charge is 0.125 e. The second-order valence-corrected chi connectivity index (χ2v) is 6.76. The number of H-pyrrole nitrogens is 1. The van der Waals surface area contributed by atoms with Crippen molar-refractivity contribution in [2.24, 2.45) is 0 Å². The maximum Gasteiger partial charge on any atom is 0.125 e. The van der Waals surface area contributed by atoms with Gasteiger partial charge in [0.1, 0.15) is 24.3 Å². The maximum absolute atomic E-state index is 10.4. The van der Waals surface area contributed by atoms with E-state index >= 15 is 0 Å². The van der Waals surface area contributed by atoms with Crippen LogP contribution in [0.5, 0.6) is 5.75 Å². The van der Waals surface area contributed by atoms with Gasteiger partial charge in [-0.25, -0.2) is 4.98 Å². The van der Waals surface area contributed by atoms with Gasteiger partial charge in [-0.1, -0.05) is 18.2 Å². The van der Waals surface area contributed by atoms with Crippen LogP contribution in [0.4, 0.5) is 0 Å². The number of nitrogens with one attached hydrogen (secondary N) is 1. The van der Waals surface area contributed by atoms with Gasteiger partial charge in [-0.2, -0.15) is 0 Å². The van der Waals surface area contributed by atoms with Crippen LogP contribution < -0.4 is 4.74 Å². The third kappa shape index (κ3) is 4.16. The summed E-state index contributed by atoms with van der Waals surface area (Å²) < 4.78 is 5.87. The zero-order valence-corrected chi connectivity index (χ0v) is 14.5. The normalized spacial score (nSPS) is 20.0. The molecule has 3 rings (SSSR count). The van der Waals surface area contributed by atoms with E-state index in [0.29, 0.717) is 19.1 Å². The second-order valence-electron chi connectivity index (χ2n) is 6.76. The Bertz CT molecular complexity index is 622. The van der Waals surface area contributed by atoms with Crippen molar-refractivity contribution < 1.29 is 9.84 Å². The number of rotatable bonds is 6. The largest absolute Gasteiger partial charge is 0.490 e. The highest BCUT2D eigenvalue weighted by atomic mass is 16.5. The van der Waals surface area contributed by atoms with E-state index in [-0.39, 0.29) is 0 Å². The van der Waals surface area contributed by atoms with E-state index in [4.69, 9.17) is 4.74 Å². The summed E-state index contributed by atoms with van der Waals surface area (Å²) in [6.07, 6.45) is 5.48. The van der Waals surface area contributed by atoms with Gasteiger partial charge >= 0.3 is 0 Å². The number of hydrogen-bond acceptors (Lipinski definition) is 4. The molecule has 2 heterocycles. The van der Waals surface area contributed by atoms with E-state index in [9.17, 15) is 5.11 Å². The van der Waals surface area contributed by atoms with Crippen LogP contribution >= 0.6 is 0 Å². The number of imidazole rings is 1. The van der Waals surface area contributed by atoms with Gasteiger partial charge in [-0.3, -0.25) is 4.90 Å². The van der Waals surface area contributed by atoms with Crippen LogP contribution in [0.3, 0.4) is 0 Å². The first-order valence-electron chi connectivity index (χ1n) is 8.72. The number of β-amino-alcohol motifs (C(OH)–C–C–N with tert-alkyl or cyclic N) is 1. The molecule has 2 N–H and O–H groups in total. The topological polar surface area (TPSA) is 61.4 Å². The zero-order chi connectivity index (χ0) is 16.9. The van der Waals surface area contributed by atoms with Crippen LogP contribution in [0.25, 0.3) is 0 Å². The summed E-state index contributed by atoms with van der Waals surface area (Å²) in [6, 6.07) is 6.09. The molecule has 2 aromatic rings. The number of nitrogens with zero attached hydrogens (tertiary/aromatic N) is 2.